The SMILES string of the molecule is NCCCNCCCCNCc1ccc(-c2oc3c(O)c(O)ccc3c(=O)c2O)cc1. The Morgan fingerprint density at radius 2 is 1.52 bits per heavy atom. The van der Waals surface area contributed by atoms with Crippen LogP contribution in [0.5, 0.6) is 17.2 Å². The summed E-state index contributed by atoms with van der Waals surface area (Å²) in [6.07, 6.45) is 3.16. The van der Waals surface area contributed by atoms with Crippen LogP contribution in [-0.2, 0) is 6.54 Å². The summed E-state index contributed by atoms with van der Waals surface area (Å²) in [5, 5.41) is 36.7. The third kappa shape index (κ3) is 5.55. The maximum atomic E-state index is 12.4. The number of phenolic OH excluding ortho intramolecular Hbond substituents is 2. The highest BCUT2D eigenvalue weighted by atomic mass is 16.4. The van der Waals surface area contributed by atoms with E-state index in [-0.39, 0.29) is 16.7 Å². The summed E-state index contributed by atoms with van der Waals surface area (Å²) >= 11 is 0. The number of unbranched alkanes of at least 4 members (excludes halogenated alkanes) is 1. The van der Waals surface area contributed by atoms with Crippen LogP contribution in [-0.4, -0.2) is 41.5 Å². The molecule has 0 amide bonds. The standard InChI is InChI=1S/C23H29N3O5/c24-10-3-13-25-11-1-2-12-26-14-15-4-6-16(7-5-15)22-21(30)19(28)17-8-9-18(27)20(29)23(17)31-22/h4-9,25-27,29-30H,1-3,10-14,24H2. The summed E-state index contributed by atoms with van der Waals surface area (Å²) in [6, 6.07) is 9.70. The number of nitrogens with two attached hydrogens (primary N) is 1. The van der Waals surface area contributed by atoms with Crippen LogP contribution in [0.15, 0.2) is 45.6 Å². The average Bonchev–Trinajstić information content (AvgIpc) is 2.78. The molecule has 1 heterocycles. The third-order valence-electron chi connectivity index (χ3n) is 5.05. The Bertz CT molecular complexity index is 1060. The highest BCUT2D eigenvalue weighted by molar-refractivity contribution is 5.88. The monoisotopic (exact) mass is 427 g/mol. The highest BCUT2D eigenvalue weighted by Crippen LogP contribution is 2.37. The van der Waals surface area contributed by atoms with Gasteiger partial charge in [-0.3, -0.25) is 4.79 Å². The van der Waals surface area contributed by atoms with Gasteiger partial charge >= 0.3 is 0 Å². The molecule has 3 rings (SSSR count). The van der Waals surface area contributed by atoms with Crippen molar-refractivity contribution in [2.45, 2.75) is 25.8 Å². The Labute approximate surface area is 180 Å². The highest BCUT2D eigenvalue weighted by Gasteiger charge is 2.19. The van der Waals surface area contributed by atoms with Gasteiger partial charge in [0.25, 0.3) is 0 Å². The van der Waals surface area contributed by atoms with Gasteiger partial charge in [-0.1, -0.05) is 24.3 Å². The molecule has 0 atom stereocenters. The van der Waals surface area contributed by atoms with Gasteiger partial charge in [0.05, 0.1) is 5.39 Å². The minimum Gasteiger partial charge on any atom is -0.504 e. The molecule has 2 aromatic carbocycles. The molecule has 3 aromatic rings. The minimum atomic E-state index is -0.671. The van der Waals surface area contributed by atoms with E-state index < -0.39 is 22.7 Å². The number of aromatic hydroxyl groups is 3. The van der Waals surface area contributed by atoms with E-state index in [0.29, 0.717) is 18.7 Å². The van der Waals surface area contributed by atoms with Crippen molar-refractivity contribution in [1.82, 2.24) is 10.6 Å². The first-order valence-corrected chi connectivity index (χ1v) is 10.4. The Morgan fingerprint density at radius 3 is 2.23 bits per heavy atom. The molecule has 0 bridgehead atoms. The van der Waals surface area contributed by atoms with Gasteiger partial charge in [0.1, 0.15) is 0 Å². The number of rotatable bonds is 11. The molecule has 8 heteroatoms. The topological polar surface area (TPSA) is 141 Å². The molecule has 0 unspecified atom stereocenters. The van der Waals surface area contributed by atoms with E-state index in [2.05, 4.69) is 10.6 Å². The second-order valence-corrected chi connectivity index (χ2v) is 7.39. The van der Waals surface area contributed by atoms with E-state index >= 15 is 0 Å². The quantitative estimate of drug-likeness (QED) is 0.202. The molecule has 0 aliphatic heterocycles. The molecule has 0 spiro atoms. The lowest BCUT2D eigenvalue weighted by atomic mass is 10.1. The zero-order valence-corrected chi connectivity index (χ0v) is 17.4. The van der Waals surface area contributed by atoms with Crippen LogP contribution in [0.1, 0.15) is 24.8 Å². The van der Waals surface area contributed by atoms with Crippen molar-refractivity contribution >= 4 is 11.0 Å². The maximum absolute atomic E-state index is 12.4. The first-order chi connectivity index (χ1) is 15.0. The molecule has 0 aliphatic carbocycles. The van der Waals surface area contributed by atoms with Crippen LogP contribution in [0.4, 0.5) is 0 Å². The van der Waals surface area contributed by atoms with Gasteiger partial charge in [-0.05, 0) is 63.1 Å². The Balaban J connectivity index is 1.60. The number of phenols is 2. The first-order valence-electron chi connectivity index (χ1n) is 10.4. The normalized spacial score (nSPS) is 11.3. The number of hydrogen-bond acceptors (Lipinski definition) is 8. The van der Waals surface area contributed by atoms with Crippen molar-refractivity contribution in [2.24, 2.45) is 5.73 Å². The number of fused-ring (bicyclic) bond motifs is 1. The van der Waals surface area contributed by atoms with E-state index in [0.717, 1.165) is 44.5 Å². The summed E-state index contributed by atoms with van der Waals surface area (Å²) < 4.78 is 5.58. The second-order valence-electron chi connectivity index (χ2n) is 7.39. The molecule has 0 radical (unpaired) electrons. The van der Waals surface area contributed by atoms with Crippen molar-refractivity contribution in [3.05, 3.63) is 52.2 Å². The van der Waals surface area contributed by atoms with Crippen molar-refractivity contribution < 1.29 is 19.7 Å². The fourth-order valence-electron chi connectivity index (χ4n) is 3.28. The molecule has 7 N–H and O–H groups in total. The molecule has 0 saturated heterocycles. The predicted octanol–water partition coefficient (Wildman–Crippen LogP) is 2.39. The zero-order valence-electron chi connectivity index (χ0n) is 17.4. The molecule has 0 saturated carbocycles. The van der Waals surface area contributed by atoms with Crippen molar-refractivity contribution in [3.63, 3.8) is 0 Å². The smallest absolute Gasteiger partial charge is 0.235 e. The van der Waals surface area contributed by atoms with Gasteiger partial charge in [-0.2, -0.15) is 0 Å². The Kier molecular flexibility index (Phi) is 7.88. The van der Waals surface area contributed by atoms with Crippen LogP contribution in [0.25, 0.3) is 22.3 Å². The van der Waals surface area contributed by atoms with Gasteiger partial charge in [-0.25, -0.2) is 0 Å². The van der Waals surface area contributed by atoms with E-state index in [1.807, 2.05) is 12.1 Å². The Morgan fingerprint density at radius 1 is 0.839 bits per heavy atom. The lowest BCUT2D eigenvalue weighted by Crippen LogP contribution is -2.21. The van der Waals surface area contributed by atoms with Crippen LogP contribution in [0.2, 0.25) is 0 Å². The average molecular weight is 428 g/mol. The first kappa shape index (κ1) is 22.6. The molecule has 0 fully saturated rings. The zero-order chi connectivity index (χ0) is 22.2. The van der Waals surface area contributed by atoms with Crippen LogP contribution in [0.3, 0.4) is 0 Å². The lowest BCUT2D eigenvalue weighted by molar-refractivity contribution is 0.397. The van der Waals surface area contributed by atoms with Crippen LogP contribution >= 0.6 is 0 Å². The van der Waals surface area contributed by atoms with E-state index in [9.17, 15) is 20.1 Å². The number of benzene rings is 2. The van der Waals surface area contributed by atoms with Gasteiger partial charge < -0.3 is 36.1 Å². The molecule has 8 nitrogen and oxygen atoms in total. The fraction of sp³-hybridized carbons (Fsp3) is 0.348. The van der Waals surface area contributed by atoms with Gasteiger partial charge in [0.15, 0.2) is 17.1 Å². The van der Waals surface area contributed by atoms with Gasteiger partial charge in [0, 0.05) is 12.1 Å². The Hall–Kier alpha value is -3.07. The second kappa shape index (κ2) is 10.8. The van der Waals surface area contributed by atoms with Gasteiger partial charge in [-0.15, -0.1) is 0 Å². The molecule has 31 heavy (non-hydrogen) atoms. The van der Waals surface area contributed by atoms with Crippen molar-refractivity contribution in [2.75, 3.05) is 26.2 Å². The largest absolute Gasteiger partial charge is 0.504 e. The van der Waals surface area contributed by atoms with Gasteiger partial charge in [0.2, 0.25) is 16.9 Å². The molecule has 0 aliphatic rings. The number of nitrogens with one attached hydrogen (secondary N) is 2. The summed E-state index contributed by atoms with van der Waals surface area (Å²) in [4.78, 5) is 12.4. The lowest BCUT2D eigenvalue weighted by Gasteiger charge is -2.09. The van der Waals surface area contributed by atoms with E-state index in [1.54, 1.807) is 12.1 Å². The van der Waals surface area contributed by atoms with Crippen LogP contribution < -0.4 is 21.8 Å². The van der Waals surface area contributed by atoms with E-state index in [4.69, 9.17) is 10.2 Å². The van der Waals surface area contributed by atoms with Crippen molar-refractivity contribution in [3.8, 4) is 28.6 Å². The van der Waals surface area contributed by atoms with E-state index in [1.165, 1.54) is 12.1 Å². The molecule has 166 valence electrons. The summed E-state index contributed by atoms with van der Waals surface area (Å²) in [6.45, 7) is 4.27. The minimum absolute atomic E-state index is 0.00745. The van der Waals surface area contributed by atoms with Crippen LogP contribution in [0, 0.1) is 0 Å². The number of hydrogen-bond donors (Lipinski definition) is 6. The molecular weight excluding hydrogens is 398 g/mol. The summed E-state index contributed by atoms with van der Waals surface area (Å²) in [5.41, 5.74) is 6.16. The third-order valence-corrected chi connectivity index (χ3v) is 5.05. The summed E-state index contributed by atoms with van der Waals surface area (Å²) in [5.74, 6) is -1.53. The molecular formula is C23H29N3O5. The molecule has 1 aromatic heterocycles. The van der Waals surface area contributed by atoms with Crippen molar-refractivity contribution in [1.29, 1.82) is 0 Å². The summed E-state index contributed by atoms with van der Waals surface area (Å²) in [7, 11) is 0. The fourth-order valence-corrected chi connectivity index (χ4v) is 3.28. The maximum Gasteiger partial charge on any atom is 0.235 e. The predicted molar refractivity (Wildman–Crippen MR) is 120 cm³/mol.